The molecular weight excluding hydrogens is 456 g/mol. The second kappa shape index (κ2) is 9.66. The summed E-state index contributed by atoms with van der Waals surface area (Å²) >= 11 is 0. The molecule has 0 unspecified atom stereocenters. The zero-order valence-electron chi connectivity index (χ0n) is 18.0. The van der Waals surface area contributed by atoms with Crippen molar-refractivity contribution in [3.8, 4) is 5.75 Å². The summed E-state index contributed by atoms with van der Waals surface area (Å²) in [5.74, 6) is 0.311. The summed E-state index contributed by atoms with van der Waals surface area (Å²) in [6.45, 7) is 1.19. The number of rotatable bonds is 7. The van der Waals surface area contributed by atoms with E-state index >= 15 is 0 Å². The van der Waals surface area contributed by atoms with Crippen LogP contribution in [0.5, 0.6) is 5.75 Å². The molecule has 2 saturated heterocycles. The molecule has 11 heteroatoms. The van der Waals surface area contributed by atoms with Gasteiger partial charge in [-0.15, -0.1) is 0 Å². The third kappa shape index (κ3) is 5.27. The van der Waals surface area contributed by atoms with Gasteiger partial charge in [0.15, 0.2) is 16.4 Å². The van der Waals surface area contributed by atoms with Gasteiger partial charge in [-0.05, 0) is 43.5 Å². The summed E-state index contributed by atoms with van der Waals surface area (Å²) < 4.78 is 61.6. The lowest BCUT2D eigenvalue weighted by Crippen LogP contribution is -2.48. The Balaban J connectivity index is 1.40. The van der Waals surface area contributed by atoms with E-state index in [1.165, 1.54) is 16.4 Å². The third-order valence-electron chi connectivity index (χ3n) is 6.40. The van der Waals surface area contributed by atoms with Crippen LogP contribution in [0.4, 0.5) is 0 Å². The van der Waals surface area contributed by atoms with Gasteiger partial charge in [-0.25, -0.2) is 16.8 Å². The minimum absolute atomic E-state index is 0.0172. The molecule has 2 heterocycles. The summed E-state index contributed by atoms with van der Waals surface area (Å²) in [5, 5.41) is 0. The van der Waals surface area contributed by atoms with Gasteiger partial charge in [0, 0.05) is 25.2 Å². The molecule has 3 aliphatic rings. The van der Waals surface area contributed by atoms with Crippen LogP contribution in [0.15, 0.2) is 29.2 Å². The lowest BCUT2D eigenvalue weighted by molar-refractivity contribution is -0.137. The van der Waals surface area contributed by atoms with Gasteiger partial charge in [0.2, 0.25) is 10.0 Å². The van der Waals surface area contributed by atoms with E-state index in [1.807, 2.05) is 0 Å². The second-order valence-corrected chi connectivity index (χ2v) is 12.7. The molecule has 2 aliphatic heterocycles. The number of morpholine rings is 1. The number of nitrogens with zero attached hydrogens (tertiary/aromatic N) is 2. The molecular formula is C21H30N2O7S2. The van der Waals surface area contributed by atoms with Crippen molar-refractivity contribution in [3.05, 3.63) is 24.3 Å². The zero-order chi connectivity index (χ0) is 22.8. The molecule has 1 aromatic carbocycles. The Labute approximate surface area is 189 Å². The maximum absolute atomic E-state index is 13.0. The van der Waals surface area contributed by atoms with Crippen LogP contribution in [0.3, 0.4) is 0 Å². The average Bonchev–Trinajstić information content (AvgIpc) is 3.43. The summed E-state index contributed by atoms with van der Waals surface area (Å²) in [5.41, 5.74) is 0. The Kier molecular flexibility index (Phi) is 7.09. The van der Waals surface area contributed by atoms with E-state index in [1.54, 1.807) is 17.0 Å². The molecule has 0 spiro atoms. The molecule has 9 nitrogen and oxygen atoms in total. The molecule has 3 fully saturated rings. The molecule has 1 aliphatic carbocycles. The van der Waals surface area contributed by atoms with Gasteiger partial charge in [0.25, 0.3) is 5.91 Å². The van der Waals surface area contributed by atoms with E-state index in [0.717, 1.165) is 25.7 Å². The fraction of sp³-hybridized carbons (Fsp3) is 0.667. The predicted octanol–water partition coefficient (Wildman–Crippen LogP) is 1.04. The van der Waals surface area contributed by atoms with Crippen molar-refractivity contribution in [2.24, 2.45) is 0 Å². The number of amides is 1. The van der Waals surface area contributed by atoms with Crippen LogP contribution in [0, 0.1) is 0 Å². The number of sulfonamides is 1. The molecule has 1 amide bonds. The molecule has 1 atom stereocenters. The molecule has 4 rings (SSSR count). The summed E-state index contributed by atoms with van der Waals surface area (Å²) in [6, 6.07) is 5.80. The van der Waals surface area contributed by atoms with Crippen molar-refractivity contribution >= 4 is 25.8 Å². The highest BCUT2D eigenvalue weighted by Gasteiger charge is 2.39. The standard InChI is InChI=1S/C21H30N2O7S2/c24-21(23(17-3-1-2-4-17)18-9-14-31(25,26)16-18)15-30-19-5-7-20(8-6-19)32(27,28)22-10-12-29-13-11-22/h5-8,17-18H,1-4,9-16H2/t18-/m0/s1. The van der Waals surface area contributed by atoms with Crippen LogP contribution in [0.2, 0.25) is 0 Å². The normalized spacial score (nSPS) is 24.4. The van der Waals surface area contributed by atoms with Crippen molar-refractivity contribution in [2.75, 3.05) is 44.4 Å². The maximum atomic E-state index is 13.0. The summed E-state index contributed by atoms with van der Waals surface area (Å²) in [6.07, 6.45) is 4.31. The summed E-state index contributed by atoms with van der Waals surface area (Å²) in [4.78, 5) is 14.9. The monoisotopic (exact) mass is 486 g/mol. The Morgan fingerprint density at radius 3 is 2.31 bits per heavy atom. The van der Waals surface area contributed by atoms with Crippen molar-refractivity contribution in [2.45, 2.75) is 49.1 Å². The first kappa shape index (κ1) is 23.5. The number of hydrogen-bond donors (Lipinski definition) is 0. The molecule has 32 heavy (non-hydrogen) atoms. The Hall–Kier alpha value is -1.69. The molecule has 178 valence electrons. The van der Waals surface area contributed by atoms with Crippen molar-refractivity contribution in [3.63, 3.8) is 0 Å². The second-order valence-electron chi connectivity index (χ2n) is 8.57. The molecule has 1 saturated carbocycles. The maximum Gasteiger partial charge on any atom is 0.261 e. The van der Waals surface area contributed by atoms with Crippen molar-refractivity contribution < 1.29 is 31.1 Å². The smallest absolute Gasteiger partial charge is 0.261 e. The van der Waals surface area contributed by atoms with Crippen LogP contribution < -0.4 is 4.74 Å². The highest BCUT2D eigenvalue weighted by molar-refractivity contribution is 7.91. The summed E-state index contributed by atoms with van der Waals surface area (Å²) in [7, 11) is -6.69. The lowest BCUT2D eigenvalue weighted by Gasteiger charge is -2.34. The average molecular weight is 487 g/mol. The van der Waals surface area contributed by atoms with Gasteiger partial charge in [-0.1, -0.05) is 12.8 Å². The van der Waals surface area contributed by atoms with Crippen LogP contribution >= 0.6 is 0 Å². The van der Waals surface area contributed by atoms with Gasteiger partial charge in [0.05, 0.1) is 29.6 Å². The molecule has 0 radical (unpaired) electrons. The van der Waals surface area contributed by atoms with Crippen molar-refractivity contribution in [1.29, 1.82) is 0 Å². The topological polar surface area (TPSA) is 110 Å². The Morgan fingerprint density at radius 2 is 1.72 bits per heavy atom. The quantitative estimate of drug-likeness (QED) is 0.566. The van der Waals surface area contributed by atoms with Gasteiger partial charge in [-0.2, -0.15) is 4.31 Å². The van der Waals surface area contributed by atoms with Crippen LogP contribution in [0.1, 0.15) is 32.1 Å². The highest BCUT2D eigenvalue weighted by atomic mass is 32.2. The third-order valence-corrected chi connectivity index (χ3v) is 10.1. The van der Waals surface area contributed by atoms with Crippen molar-refractivity contribution in [1.82, 2.24) is 9.21 Å². The largest absolute Gasteiger partial charge is 0.484 e. The zero-order valence-corrected chi connectivity index (χ0v) is 19.7. The van der Waals surface area contributed by atoms with E-state index in [4.69, 9.17) is 9.47 Å². The number of benzene rings is 1. The highest BCUT2D eigenvalue weighted by Crippen LogP contribution is 2.29. The number of carbonyl (C=O) groups is 1. The SMILES string of the molecule is O=C(COc1ccc(S(=O)(=O)N2CCOCC2)cc1)N(C1CCCC1)[C@H]1CCS(=O)(=O)C1. The van der Waals surface area contributed by atoms with Gasteiger partial charge >= 0.3 is 0 Å². The van der Waals surface area contributed by atoms with E-state index < -0.39 is 19.9 Å². The predicted molar refractivity (Wildman–Crippen MR) is 118 cm³/mol. The van der Waals surface area contributed by atoms with E-state index in [-0.39, 0.29) is 41.0 Å². The fourth-order valence-corrected chi connectivity index (χ4v) is 7.87. The molecule has 0 bridgehead atoms. The molecule has 0 aromatic heterocycles. The number of hydrogen-bond acceptors (Lipinski definition) is 7. The molecule has 1 aromatic rings. The Morgan fingerprint density at radius 1 is 1.06 bits per heavy atom. The first-order chi connectivity index (χ1) is 15.3. The van der Waals surface area contributed by atoms with E-state index in [9.17, 15) is 21.6 Å². The van der Waals surface area contributed by atoms with Crippen LogP contribution in [0.25, 0.3) is 0 Å². The number of carbonyl (C=O) groups excluding carboxylic acids is 1. The number of sulfone groups is 1. The van der Waals surface area contributed by atoms with Gasteiger partial charge < -0.3 is 14.4 Å². The molecule has 0 N–H and O–H groups in total. The van der Waals surface area contributed by atoms with E-state index in [0.29, 0.717) is 38.5 Å². The van der Waals surface area contributed by atoms with Gasteiger partial charge in [0.1, 0.15) is 5.75 Å². The van der Waals surface area contributed by atoms with E-state index in [2.05, 4.69) is 0 Å². The first-order valence-electron chi connectivity index (χ1n) is 11.1. The fourth-order valence-electron chi connectivity index (χ4n) is 4.75. The lowest BCUT2D eigenvalue weighted by atomic mass is 10.1. The Bertz CT molecular complexity index is 1010. The minimum atomic E-state index is -3.59. The van der Waals surface area contributed by atoms with Gasteiger partial charge in [-0.3, -0.25) is 4.79 Å². The van der Waals surface area contributed by atoms with Crippen LogP contribution in [-0.2, 0) is 29.4 Å². The van der Waals surface area contributed by atoms with Crippen LogP contribution in [-0.4, -0.2) is 88.4 Å². The number of ether oxygens (including phenoxy) is 2. The first-order valence-corrected chi connectivity index (χ1v) is 14.3. The minimum Gasteiger partial charge on any atom is -0.484 e.